The zero-order chi connectivity index (χ0) is 14.2. The van der Waals surface area contributed by atoms with Crippen molar-refractivity contribution >= 4 is 22.8 Å². The Morgan fingerprint density at radius 1 is 1.19 bits per heavy atom. The van der Waals surface area contributed by atoms with Gasteiger partial charge < -0.3 is 0 Å². The first-order chi connectivity index (χ1) is 10.3. The van der Waals surface area contributed by atoms with Crippen LogP contribution in [0.5, 0.6) is 0 Å². The predicted molar refractivity (Wildman–Crippen MR) is 85.3 cm³/mol. The van der Waals surface area contributed by atoms with Gasteiger partial charge in [0, 0.05) is 17.8 Å². The summed E-state index contributed by atoms with van der Waals surface area (Å²) in [5.41, 5.74) is 5.23. The van der Waals surface area contributed by atoms with Crippen LogP contribution in [-0.2, 0) is 0 Å². The fraction of sp³-hybridized carbons (Fsp3) is 0.312. The lowest BCUT2D eigenvalue weighted by Gasteiger charge is -2.19. The van der Waals surface area contributed by atoms with Gasteiger partial charge in [0.2, 0.25) is 0 Å². The Balaban J connectivity index is 1.72. The van der Waals surface area contributed by atoms with Crippen molar-refractivity contribution in [2.45, 2.75) is 18.9 Å². The van der Waals surface area contributed by atoms with E-state index >= 15 is 0 Å². The van der Waals surface area contributed by atoms with E-state index in [1.807, 2.05) is 18.3 Å². The first-order valence-electron chi connectivity index (χ1n) is 7.21. The van der Waals surface area contributed by atoms with Crippen molar-refractivity contribution < 1.29 is 0 Å². The Kier molecular flexibility index (Phi) is 3.16. The van der Waals surface area contributed by atoms with E-state index in [1.54, 1.807) is 0 Å². The Morgan fingerprint density at radius 2 is 2.14 bits per heavy atom. The monoisotopic (exact) mass is 296 g/mol. The van der Waals surface area contributed by atoms with Crippen LogP contribution in [0.3, 0.4) is 0 Å². The van der Waals surface area contributed by atoms with Crippen LogP contribution in [-0.4, -0.2) is 32.2 Å². The van der Waals surface area contributed by atoms with Crippen molar-refractivity contribution in [2.75, 3.05) is 13.6 Å². The quantitative estimate of drug-likeness (QED) is 0.725. The van der Waals surface area contributed by atoms with Crippen LogP contribution in [0, 0.1) is 0 Å². The van der Waals surface area contributed by atoms with E-state index in [0.717, 1.165) is 22.3 Å². The molecule has 1 fully saturated rings. The fourth-order valence-corrected chi connectivity index (χ4v) is 3.66. The summed E-state index contributed by atoms with van der Waals surface area (Å²) in [7, 11) is 2.19. The molecule has 0 aliphatic carbocycles. The third kappa shape index (κ3) is 2.22. The first-order valence-corrected chi connectivity index (χ1v) is 7.94. The molecule has 0 radical (unpaired) electrons. The summed E-state index contributed by atoms with van der Waals surface area (Å²) in [6.45, 7) is 1.18. The maximum absolute atomic E-state index is 4.67. The molecular formula is C16H16N4S. The molecule has 2 aromatic heterocycles. The SMILES string of the molecule is CN1CCC[C@H]1c1ccc(-c2cccc3nsnc23)nc1. The molecule has 1 aliphatic rings. The summed E-state index contributed by atoms with van der Waals surface area (Å²) in [4.78, 5) is 7.07. The summed E-state index contributed by atoms with van der Waals surface area (Å²) < 4.78 is 8.68. The molecule has 0 saturated carbocycles. The number of likely N-dealkylation sites (tertiary alicyclic amines) is 1. The van der Waals surface area contributed by atoms with Crippen molar-refractivity contribution in [1.82, 2.24) is 18.6 Å². The number of pyridine rings is 1. The summed E-state index contributed by atoms with van der Waals surface area (Å²) in [5, 5.41) is 0. The largest absolute Gasteiger partial charge is 0.299 e. The minimum Gasteiger partial charge on any atom is -0.299 e. The highest BCUT2D eigenvalue weighted by molar-refractivity contribution is 7.00. The van der Waals surface area contributed by atoms with Crippen molar-refractivity contribution in [1.29, 1.82) is 0 Å². The summed E-state index contributed by atoms with van der Waals surface area (Å²) >= 11 is 1.25. The molecule has 1 atom stereocenters. The minimum absolute atomic E-state index is 0.517. The van der Waals surface area contributed by atoms with Gasteiger partial charge in [-0.05, 0) is 44.1 Å². The van der Waals surface area contributed by atoms with E-state index in [9.17, 15) is 0 Å². The van der Waals surface area contributed by atoms with E-state index in [0.29, 0.717) is 6.04 Å². The van der Waals surface area contributed by atoms with Crippen LogP contribution in [0.25, 0.3) is 22.3 Å². The smallest absolute Gasteiger partial charge is 0.114 e. The van der Waals surface area contributed by atoms with Gasteiger partial charge in [-0.25, -0.2) is 0 Å². The molecule has 4 rings (SSSR count). The summed E-state index contributed by atoms with van der Waals surface area (Å²) in [5.74, 6) is 0. The Bertz CT molecular complexity index is 765. The molecule has 1 aromatic carbocycles. The minimum atomic E-state index is 0.517. The average Bonchev–Trinajstić information content (AvgIpc) is 3.15. The number of nitrogens with zero attached hydrogens (tertiary/aromatic N) is 4. The molecule has 0 N–H and O–H groups in total. The molecule has 0 unspecified atom stereocenters. The van der Waals surface area contributed by atoms with E-state index in [4.69, 9.17) is 0 Å². The van der Waals surface area contributed by atoms with Gasteiger partial charge in [0.05, 0.1) is 17.4 Å². The van der Waals surface area contributed by atoms with Gasteiger partial charge >= 0.3 is 0 Å². The highest BCUT2D eigenvalue weighted by atomic mass is 32.1. The molecule has 0 spiro atoms. The van der Waals surface area contributed by atoms with Gasteiger partial charge in [-0.1, -0.05) is 18.2 Å². The van der Waals surface area contributed by atoms with Crippen LogP contribution in [0.2, 0.25) is 0 Å². The predicted octanol–water partition coefficient (Wildman–Crippen LogP) is 3.52. The van der Waals surface area contributed by atoms with Crippen LogP contribution in [0.4, 0.5) is 0 Å². The third-order valence-electron chi connectivity index (χ3n) is 4.25. The second-order valence-electron chi connectivity index (χ2n) is 5.55. The summed E-state index contributed by atoms with van der Waals surface area (Å²) in [6, 6.07) is 10.9. The normalized spacial score (nSPS) is 19.4. The van der Waals surface area contributed by atoms with Crippen molar-refractivity contribution in [2.24, 2.45) is 0 Å². The van der Waals surface area contributed by atoms with Crippen molar-refractivity contribution in [3.05, 3.63) is 42.1 Å². The molecule has 106 valence electrons. The van der Waals surface area contributed by atoms with E-state index in [1.165, 1.54) is 36.7 Å². The second kappa shape index (κ2) is 5.16. The van der Waals surface area contributed by atoms with Crippen molar-refractivity contribution in [3.8, 4) is 11.3 Å². The maximum atomic E-state index is 4.67. The first kappa shape index (κ1) is 12.9. The third-order valence-corrected chi connectivity index (χ3v) is 4.80. The number of hydrogen-bond acceptors (Lipinski definition) is 5. The maximum Gasteiger partial charge on any atom is 0.114 e. The highest BCUT2D eigenvalue weighted by Crippen LogP contribution is 2.31. The highest BCUT2D eigenvalue weighted by Gasteiger charge is 2.22. The number of hydrogen-bond donors (Lipinski definition) is 0. The van der Waals surface area contributed by atoms with Crippen LogP contribution in [0.15, 0.2) is 36.5 Å². The molecule has 3 aromatic rings. The molecule has 0 bridgehead atoms. The lowest BCUT2D eigenvalue weighted by molar-refractivity contribution is 0.317. The molecule has 4 nitrogen and oxygen atoms in total. The van der Waals surface area contributed by atoms with E-state index in [-0.39, 0.29) is 0 Å². The van der Waals surface area contributed by atoms with Gasteiger partial charge in [-0.15, -0.1) is 0 Å². The Labute approximate surface area is 127 Å². The zero-order valence-corrected chi connectivity index (χ0v) is 12.7. The molecule has 1 saturated heterocycles. The molecule has 21 heavy (non-hydrogen) atoms. The lowest BCUT2D eigenvalue weighted by Crippen LogP contribution is -2.17. The molecule has 3 heterocycles. The fourth-order valence-electron chi connectivity index (χ4n) is 3.11. The Hall–Kier alpha value is -1.85. The van der Waals surface area contributed by atoms with Gasteiger partial charge in [0.15, 0.2) is 0 Å². The van der Waals surface area contributed by atoms with Crippen molar-refractivity contribution in [3.63, 3.8) is 0 Å². The number of benzene rings is 1. The van der Waals surface area contributed by atoms with E-state index in [2.05, 4.69) is 43.9 Å². The number of rotatable bonds is 2. The molecule has 5 heteroatoms. The molecule has 1 aliphatic heterocycles. The van der Waals surface area contributed by atoms with Gasteiger partial charge in [0.25, 0.3) is 0 Å². The lowest BCUT2D eigenvalue weighted by atomic mass is 10.0. The van der Waals surface area contributed by atoms with Crippen LogP contribution >= 0.6 is 11.7 Å². The van der Waals surface area contributed by atoms with E-state index < -0.39 is 0 Å². The standard InChI is InChI=1S/C16H16N4S/c1-20-9-3-6-15(20)11-7-8-13(17-10-11)12-4-2-5-14-16(12)19-21-18-14/h2,4-5,7-8,10,15H,3,6,9H2,1H3/t15-/m0/s1. The topological polar surface area (TPSA) is 41.9 Å². The number of aromatic nitrogens is 3. The number of fused-ring (bicyclic) bond motifs is 1. The van der Waals surface area contributed by atoms with Gasteiger partial charge in [-0.2, -0.15) is 8.75 Å². The average molecular weight is 296 g/mol. The van der Waals surface area contributed by atoms with Crippen LogP contribution in [0.1, 0.15) is 24.4 Å². The molecule has 0 amide bonds. The zero-order valence-electron chi connectivity index (χ0n) is 11.9. The molecular weight excluding hydrogens is 280 g/mol. The van der Waals surface area contributed by atoms with Crippen LogP contribution < -0.4 is 0 Å². The van der Waals surface area contributed by atoms with Gasteiger partial charge in [0.1, 0.15) is 11.0 Å². The van der Waals surface area contributed by atoms with Gasteiger partial charge in [-0.3, -0.25) is 9.88 Å². The Morgan fingerprint density at radius 3 is 2.90 bits per heavy atom. The second-order valence-corrected chi connectivity index (χ2v) is 6.08. The summed E-state index contributed by atoms with van der Waals surface area (Å²) in [6.07, 6.45) is 4.51.